The maximum atomic E-state index is 14.8. The standard InChI is InChI=1S/C34H36ClF2N5O3/c1-4-8-25(19-22(3)5-2)41(33(45)28-11-12-30(43)42(28)29-20-23(21-38)15-18-39-29)31(26-9-6-7-10-27(26)35)32(44)40-24-13-16-34(36,37)17-14-24/h4,6-10,15,18-20,24,28,31H,3,5,11-14,16-17H2,1-2H3,(H,40,44)/b8-4-,25-19+/t28-,31?/m0/s1. The third kappa shape index (κ3) is 7.84. The Labute approximate surface area is 267 Å². The Balaban J connectivity index is 1.86. The summed E-state index contributed by atoms with van der Waals surface area (Å²) in [5.74, 6) is -4.17. The Morgan fingerprint density at radius 2 is 1.98 bits per heavy atom. The molecule has 1 aromatic carbocycles. The number of allylic oxidation sites excluding steroid dienone is 4. The third-order valence-corrected chi connectivity index (χ3v) is 8.39. The third-order valence-electron chi connectivity index (χ3n) is 8.05. The van der Waals surface area contributed by atoms with Crippen LogP contribution in [0.15, 0.2) is 78.7 Å². The lowest BCUT2D eigenvalue weighted by Gasteiger charge is -2.37. The molecular formula is C34H36ClF2N5O3. The van der Waals surface area contributed by atoms with E-state index in [0.29, 0.717) is 23.3 Å². The number of amides is 3. The number of aromatic nitrogens is 1. The number of nitrogens with zero attached hydrogens (tertiary/aromatic N) is 4. The van der Waals surface area contributed by atoms with Crippen LogP contribution in [0.4, 0.5) is 14.6 Å². The molecule has 4 rings (SSSR count). The summed E-state index contributed by atoms with van der Waals surface area (Å²) in [4.78, 5) is 49.2. The van der Waals surface area contributed by atoms with Gasteiger partial charge in [-0.05, 0) is 63.0 Å². The number of benzene rings is 1. The van der Waals surface area contributed by atoms with Crippen molar-refractivity contribution >= 4 is 35.1 Å². The van der Waals surface area contributed by atoms with Crippen molar-refractivity contribution in [2.45, 2.75) is 82.8 Å². The first-order chi connectivity index (χ1) is 21.5. The number of alkyl halides is 2. The Kier molecular flexibility index (Phi) is 10.9. The molecule has 2 aliphatic rings. The molecule has 1 aliphatic heterocycles. The number of carbonyl (C=O) groups excluding carboxylic acids is 3. The van der Waals surface area contributed by atoms with Gasteiger partial charge in [0, 0.05) is 47.8 Å². The van der Waals surface area contributed by atoms with Crippen LogP contribution in [0.2, 0.25) is 5.02 Å². The molecule has 0 radical (unpaired) electrons. The number of nitrogens with one attached hydrogen (secondary N) is 1. The van der Waals surface area contributed by atoms with Crippen LogP contribution in [0.25, 0.3) is 0 Å². The van der Waals surface area contributed by atoms with Crippen molar-refractivity contribution in [1.29, 1.82) is 5.26 Å². The fourth-order valence-electron chi connectivity index (χ4n) is 5.63. The number of halogens is 3. The second-order valence-corrected chi connectivity index (χ2v) is 11.6. The van der Waals surface area contributed by atoms with Crippen LogP contribution in [0.1, 0.15) is 76.0 Å². The van der Waals surface area contributed by atoms with E-state index in [1.165, 1.54) is 28.1 Å². The van der Waals surface area contributed by atoms with Crippen molar-refractivity contribution in [2.24, 2.45) is 0 Å². The summed E-state index contributed by atoms with van der Waals surface area (Å²) in [5, 5.41) is 12.6. The molecule has 0 spiro atoms. The number of carbonyl (C=O) groups is 3. The second kappa shape index (κ2) is 14.6. The highest BCUT2D eigenvalue weighted by Crippen LogP contribution is 2.37. The Morgan fingerprint density at radius 1 is 1.27 bits per heavy atom. The maximum absolute atomic E-state index is 14.8. The molecule has 2 heterocycles. The second-order valence-electron chi connectivity index (χ2n) is 11.2. The first kappa shape index (κ1) is 33.5. The predicted molar refractivity (Wildman–Crippen MR) is 168 cm³/mol. The SMILES string of the molecule is C=C(/C=C(\C=C/C)N(C(=O)[C@@H]1CCC(=O)N1c1cc(C#N)ccn1)C(C(=O)NC1CCC(F)(F)CC1)c1ccccc1Cl)CC. The molecule has 1 aliphatic carbocycles. The quantitative estimate of drug-likeness (QED) is 0.289. The van der Waals surface area contributed by atoms with Gasteiger partial charge in [-0.1, -0.05) is 55.0 Å². The fraction of sp³-hybridized carbons (Fsp3) is 0.382. The summed E-state index contributed by atoms with van der Waals surface area (Å²) < 4.78 is 27.9. The lowest BCUT2D eigenvalue weighted by atomic mass is 9.91. The van der Waals surface area contributed by atoms with Gasteiger partial charge < -0.3 is 5.32 Å². The lowest BCUT2D eigenvalue weighted by Crippen LogP contribution is -2.52. The van der Waals surface area contributed by atoms with Gasteiger partial charge >= 0.3 is 0 Å². The Morgan fingerprint density at radius 3 is 2.62 bits per heavy atom. The van der Waals surface area contributed by atoms with Crippen molar-refractivity contribution in [3.8, 4) is 6.07 Å². The van der Waals surface area contributed by atoms with Crippen molar-refractivity contribution in [2.75, 3.05) is 4.90 Å². The summed E-state index contributed by atoms with van der Waals surface area (Å²) in [6.45, 7) is 7.75. The number of rotatable bonds is 10. The molecule has 0 bridgehead atoms. The van der Waals surface area contributed by atoms with Gasteiger partial charge in [0.1, 0.15) is 17.9 Å². The monoisotopic (exact) mass is 635 g/mol. The van der Waals surface area contributed by atoms with E-state index >= 15 is 0 Å². The summed E-state index contributed by atoms with van der Waals surface area (Å²) in [6, 6.07) is 8.68. The van der Waals surface area contributed by atoms with Crippen molar-refractivity contribution in [3.05, 3.63) is 94.8 Å². The highest BCUT2D eigenvalue weighted by molar-refractivity contribution is 6.31. The van der Waals surface area contributed by atoms with E-state index in [0.717, 1.165) is 0 Å². The molecule has 3 amide bonds. The topological polar surface area (TPSA) is 106 Å². The van der Waals surface area contributed by atoms with Gasteiger partial charge in [0.25, 0.3) is 5.91 Å². The molecule has 1 unspecified atom stereocenters. The largest absolute Gasteiger partial charge is 0.351 e. The molecule has 2 atom stereocenters. The minimum atomic E-state index is -2.79. The Bertz CT molecular complexity index is 1560. The fourth-order valence-corrected chi connectivity index (χ4v) is 5.87. The van der Waals surface area contributed by atoms with Gasteiger partial charge in [0.2, 0.25) is 17.7 Å². The maximum Gasteiger partial charge on any atom is 0.251 e. The molecule has 11 heteroatoms. The van der Waals surface area contributed by atoms with E-state index in [2.05, 4.69) is 16.9 Å². The first-order valence-corrected chi connectivity index (χ1v) is 15.3. The molecule has 1 saturated heterocycles. The van der Waals surface area contributed by atoms with Crippen LogP contribution in [0.3, 0.4) is 0 Å². The molecule has 8 nitrogen and oxygen atoms in total. The minimum Gasteiger partial charge on any atom is -0.351 e. The van der Waals surface area contributed by atoms with E-state index in [-0.39, 0.29) is 60.8 Å². The molecule has 2 aromatic rings. The summed E-state index contributed by atoms with van der Waals surface area (Å²) >= 11 is 6.67. The molecule has 45 heavy (non-hydrogen) atoms. The van der Waals surface area contributed by atoms with Gasteiger partial charge in [-0.25, -0.2) is 13.8 Å². The lowest BCUT2D eigenvalue weighted by molar-refractivity contribution is -0.140. The van der Waals surface area contributed by atoms with E-state index in [1.54, 1.807) is 49.4 Å². The molecule has 2 fully saturated rings. The summed E-state index contributed by atoms with van der Waals surface area (Å²) in [5.41, 5.74) is 1.60. The van der Waals surface area contributed by atoms with E-state index in [9.17, 15) is 28.4 Å². The highest BCUT2D eigenvalue weighted by atomic mass is 35.5. The van der Waals surface area contributed by atoms with Gasteiger partial charge in [-0.15, -0.1) is 0 Å². The van der Waals surface area contributed by atoms with Crippen LogP contribution < -0.4 is 10.2 Å². The number of hydrogen-bond donors (Lipinski definition) is 1. The summed E-state index contributed by atoms with van der Waals surface area (Å²) in [6.07, 6.45) is 6.68. The van der Waals surface area contributed by atoms with Gasteiger partial charge in [-0.2, -0.15) is 5.26 Å². The molecule has 1 N–H and O–H groups in total. The molecule has 1 saturated carbocycles. The van der Waals surface area contributed by atoms with Gasteiger partial charge in [-0.3, -0.25) is 24.2 Å². The first-order valence-electron chi connectivity index (χ1n) is 15.0. The highest BCUT2D eigenvalue weighted by Gasteiger charge is 2.45. The van der Waals surface area contributed by atoms with Crippen molar-refractivity contribution in [1.82, 2.24) is 15.2 Å². The summed E-state index contributed by atoms with van der Waals surface area (Å²) in [7, 11) is 0. The zero-order valence-electron chi connectivity index (χ0n) is 25.3. The van der Waals surface area contributed by atoms with Crippen LogP contribution in [0.5, 0.6) is 0 Å². The number of anilines is 1. The van der Waals surface area contributed by atoms with E-state index in [1.807, 2.05) is 13.0 Å². The Hall–Kier alpha value is -4.36. The smallest absolute Gasteiger partial charge is 0.251 e. The van der Waals surface area contributed by atoms with Crippen LogP contribution in [-0.4, -0.2) is 45.6 Å². The van der Waals surface area contributed by atoms with Crippen molar-refractivity contribution < 1.29 is 23.2 Å². The number of pyridine rings is 1. The number of nitriles is 1. The van der Waals surface area contributed by atoms with Gasteiger partial charge in [0.05, 0.1) is 11.6 Å². The predicted octanol–water partition coefficient (Wildman–Crippen LogP) is 6.79. The van der Waals surface area contributed by atoms with E-state index < -0.39 is 35.9 Å². The normalized spacial score (nSPS) is 19.3. The van der Waals surface area contributed by atoms with Crippen molar-refractivity contribution in [3.63, 3.8) is 0 Å². The van der Waals surface area contributed by atoms with Crippen LogP contribution >= 0.6 is 11.6 Å². The zero-order valence-corrected chi connectivity index (χ0v) is 26.1. The van der Waals surface area contributed by atoms with E-state index in [4.69, 9.17) is 11.6 Å². The zero-order chi connectivity index (χ0) is 32.7. The minimum absolute atomic E-state index is 0.0479. The van der Waals surface area contributed by atoms with Crippen LogP contribution in [-0.2, 0) is 14.4 Å². The molecular weight excluding hydrogens is 600 g/mol. The van der Waals surface area contributed by atoms with Crippen LogP contribution in [0, 0.1) is 11.3 Å². The van der Waals surface area contributed by atoms with Gasteiger partial charge in [0.15, 0.2) is 0 Å². The number of hydrogen-bond acceptors (Lipinski definition) is 5. The average molecular weight is 636 g/mol. The average Bonchev–Trinajstić information content (AvgIpc) is 3.42. The molecule has 1 aromatic heterocycles. The molecule has 236 valence electrons.